The van der Waals surface area contributed by atoms with Crippen molar-refractivity contribution in [1.82, 2.24) is 19.7 Å². The highest BCUT2D eigenvalue weighted by atomic mass is 35.5. The van der Waals surface area contributed by atoms with Crippen LogP contribution in [-0.2, 0) is 38.4 Å². The van der Waals surface area contributed by atoms with Crippen molar-refractivity contribution in [3.05, 3.63) is 53.4 Å². The molecule has 1 saturated carbocycles. The first-order chi connectivity index (χ1) is 23.4. The maximum Gasteiger partial charge on any atom is 0.459 e. The summed E-state index contributed by atoms with van der Waals surface area (Å²) < 4.78 is 53.5. The van der Waals surface area contributed by atoms with Crippen LogP contribution in [0, 0.1) is 0 Å². The molecule has 3 fully saturated rings. The molecule has 1 aliphatic carbocycles. The molecule has 1 unspecified atom stereocenters. The van der Waals surface area contributed by atoms with Gasteiger partial charge in [-0.15, -0.1) is 0 Å². The van der Waals surface area contributed by atoms with Crippen molar-refractivity contribution in [2.24, 2.45) is 4.99 Å². The average Bonchev–Trinajstić information content (AvgIpc) is 3.70. The summed E-state index contributed by atoms with van der Waals surface area (Å²) in [5, 5.41) is 7.67. The minimum absolute atomic E-state index is 0.0708. The summed E-state index contributed by atoms with van der Waals surface area (Å²) in [6, 6.07) is 8.89. The van der Waals surface area contributed by atoms with E-state index in [1.807, 2.05) is 6.07 Å². The second-order valence-corrected chi connectivity index (χ2v) is 15.3. The van der Waals surface area contributed by atoms with Gasteiger partial charge < -0.3 is 29.2 Å². The van der Waals surface area contributed by atoms with Gasteiger partial charge in [0.15, 0.2) is 17.2 Å². The fourth-order valence-corrected chi connectivity index (χ4v) is 8.42. The fourth-order valence-electron chi connectivity index (χ4n) is 6.80. The molecule has 3 aromatic rings. The van der Waals surface area contributed by atoms with Crippen LogP contribution in [0.15, 0.2) is 47.7 Å². The van der Waals surface area contributed by atoms with Gasteiger partial charge in [0.1, 0.15) is 48.1 Å². The molecule has 266 valence electrons. The summed E-state index contributed by atoms with van der Waals surface area (Å²) in [5.41, 5.74) is 6.06. The highest BCUT2D eigenvalue weighted by Gasteiger charge is 2.64. The number of nitrogens with zero attached hydrogens (tertiary/aromatic N) is 4. The summed E-state index contributed by atoms with van der Waals surface area (Å²) >= 11 is 6.08. The molecule has 3 aliphatic rings. The van der Waals surface area contributed by atoms with Gasteiger partial charge in [-0.1, -0.05) is 30.9 Å². The first-order valence-corrected chi connectivity index (χ1v) is 18.6. The van der Waals surface area contributed by atoms with Gasteiger partial charge in [0.05, 0.1) is 18.8 Å². The van der Waals surface area contributed by atoms with Crippen LogP contribution in [0.4, 0.5) is 5.82 Å². The van der Waals surface area contributed by atoms with Crippen LogP contribution < -0.4 is 15.3 Å². The Morgan fingerprint density at radius 3 is 2.57 bits per heavy atom. The molecule has 2 saturated heterocycles. The summed E-state index contributed by atoms with van der Waals surface area (Å²) in [6.45, 7) is 8.69. The predicted molar refractivity (Wildman–Crippen MR) is 183 cm³/mol. The van der Waals surface area contributed by atoms with Gasteiger partial charge in [0.25, 0.3) is 0 Å². The number of esters is 1. The maximum atomic E-state index is 14.5. The van der Waals surface area contributed by atoms with E-state index in [9.17, 15) is 9.36 Å². The van der Waals surface area contributed by atoms with Crippen LogP contribution in [-0.4, -0.2) is 76.7 Å². The fraction of sp³-hybridized carbons (Fsp3) is 0.576. The summed E-state index contributed by atoms with van der Waals surface area (Å²) in [6.07, 6.45) is 5.94. The van der Waals surface area contributed by atoms with Crippen molar-refractivity contribution in [3.63, 3.8) is 0 Å². The number of nitrogens with two attached hydrogens (primary N) is 1. The van der Waals surface area contributed by atoms with E-state index in [0.29, 0.717) is 16.2 Å². The van der Waals surface area contributed by atoms with Gasteiger partial charge in [-0.25, -0.2) is 14.1 Å². The van der Waals surface area contributed by atoms with Gasteiger partial charge in [0.2, 0.25) is 0 Å². The Morgan fingerprint density at radius 1 is 1.14 bits per heavy atom. The Balaban J connectivity index is 1.25. The lowest BCUT2D eigenvalue weighted by Gasteiger charge is -2.33. The molecular formula is C33H44ClN6O8P. The number of ether oxygens (including phenoxy) is 4. The number of aliphatic imine (C=N–C) groups is 1. The highest BCUT2D eigenvalue weighted by molar-refractivity contribution is 7.52. The molecule has 6 atom stereocenters. The van der Waals surface area contributed by atoms with Crippen molar-refractivity contribution in [2.45, 2.75) is 108 Å². The lowest BCUT2D eigenvalue weighted by molar-refractivity contribution is -0.213. The van der Waals surface area contributed by atoms with E-state index in [1.165, 1.54) is 12.7 Å². The van der Waals surface area contributed by atoms with E-state index in [0.717, 1.165) is 38.5 Å². The molecule has 4 heterocycles. The Hall–Kier alpha value is -3.10. The largest absolute Gasteiger partial charge is 0.461 e. The van der Waals surface area contributed by atoms with Gasteiger partial charge >= 0.3 is 13.7 Å². The number of fused-ring (bicyclic) bond motifs is 2. The molecule has 0 spiro atoms. The number of carbonyl (C=O) groups excluding carboxylic acids is 1. The summed E-state index contributed by atoms with van der Waals surface area (Å²) in [4.78, 5) is 21.6. The van der Waals surface area contributed by atoms with Crippen LogP contribution in [0.3, 0.4) is 0 Å². The Morgan fingerprint density at radius 2 is 1.86 bits per heavy atom. The number of hydrogen-bond donors (Lipinski definition) is 2. The lowest BCUT2D eigenvalue weighted by Crippen LogP contribution is -2.44. The minimum atomic E-state index is -4.27. The summed E-state index contributed by atoms with van der Waals surface area (Å²) in [7, 11) is -4.27. The number of aromatic nitrogens is 3. The quantitative estimate of drug-likeness (QED) is 0.135. The number of rotatable bonds is 12. The number of anilines is 1. The van der Waals surface area contributed by atoms with Crippen molar-refractivity contribution in [3.8, 4) is 5.75 Å². The second kappa shape index (κ2) is 14.6. The van der Waals surface area contributed by atoms with E-state index in [2.05, 4.69) is 26.9 Å². The van der Waals surface area contributed by atoms with Crippen LogP contribution >= 0.6 is 19.3 Å². The van der Waals surface area contributed by atoms with Crippen molar-refractivity contribution >= 4 is 43.4 Å². The van der Waals surface area contributed by atoms with Crippen molar-refractivity contribution in [1.29, 1.82) is 0 Å². The lowest BCUT2D eigenvalue weighted by atomic mass is 9.91. The molecule has 14 nitrogen and oxygen atoms in total. The molecule has 2 aromatic heterocycles. The van der Waals surface area contributed by atoms with E-state index < -0.39 is 49.5 Å². The Bertz CT molecular complexity index is 1680. The van der Waals surface area contributed by atoms with Gasteiger partial charge in [-0.2, -0.15) is 10.2 Å². The zero-order valence-electron chi connectivity index (χ0n) is 28.0. The number of nitrogens with one attached hydrogen (secondary N) is 1. The third-order valence-electron chi connectivity index (χ3n) is 9.07. The third kappa shape index (κ3) is 7.80. The molecule has 0 radical (unpaired) electrons. The predicted octanol–water partition coefficient (Wildman–Crippen LogP) is 5.62. The molecule has 6 rings (SSSR count). The molecule has 2 aliphatic heterocycles. The van der Waals surface area contributed by atoms with Crippen LogP contribution in [0.2, 0.25) is 5.02 Å². The zero-order valence-corrected chi connectivity index (χ0v) is 29.6. The van der Waals surface area contributed by atoms with Crippen molar-refractivity contribution < 1.29 is 37.4 Å². The number of carbonyl (C=O) groups is 1. The zero-order chi connectivity index (χ0) is 34.8. The molecule has 0 amide bonds. The van der Waals surface area contributed by atoms with Crippen LogP contribution in [0.5, 0.6) is 5.75 Å². The number of halogens is 1. The molecule has 1 aromatic carbocycles. The normalized spacial score (nSPS) is 27.5. The SMILES string of the molecule is C=NC[C@@]1(c2ccc3c(N)ncnn23)O[C@H](COP(=O)(N[C@@H](C)C(=O)OC2CCCCCCC2)Oc2ccc(Cl)cc2)[C@H]2OC(C)(C)O[C@H]21. The van der Waals surface area contributed by atoms with Gasteiger partial charge in [-0.05, 0) is 89.6 Å². The number of hydrogen-bond acceptors (Lipinski definition) is 12. The Labute approximate surface area is 290 Å². The highest BCUT2D eigenvalue weighted by Crippen LogP contribution is 2.52. The minimum Gasteiger partial charge on any atom is -0.461 e. The average molecular weight is 719 g/mol. The van der Waals surface area contributed by atoms with E-state index in [1.54, 1.807) is 55.6 Å². The van der Waals surface area contributed by atoms with Crippen LogP contribution in [0.1, 0.15) is 71.4 Å². The molecule has 16 heteroatoms. The maximum absolute atomic E-state index is 14.5. The third-order valence-corrected chi connectivity index (χ3v) is 11.0. The molecule has 49 heavy (non-hydrogen) atoms. The van der Waals surface area contributed by atoms with Crippen molar-refractivity contribution in [2.75, 3.05) is 18.9 Å². The molecule has 0 bridgehead atoms. The molecular weight excluding hydrogens is 675 g/mol. The smallest absolute Gasteiger partial charge is 0.459 e. The first-order valence-electron chi connectivity index (χ1n) is 16.6. The first kappa shape index (κ1) is 35.7. The standard InChI is InChI=1S/C33H44ClN6O8P/c1-21(31(41)44-23-10-8-6-5-7-9-11-23)39-49(42,48-24-14-12-22(34)13-15-24)43-18-26-28-29(47-32(2,3)46-28)33(45-26,19-36-4)27-17-16-25-30(35)37-20-38-40(25)27/h12-17,20-21,23,26,28-29H,4-11,18-19H2,1-3H3,(H,39,42)(H2,35,37,38)/t21-,26+,28+,29+,33-,49?/m0/s1. The van der Waals surface area contributed by atoms with Crippen LogP contribution in [0.25, 0.3) is 5.52 Å². The van der Waals surface area contributed by atoms with E-state index in [4.69, 9.17) is 45.3 Å². The topological polar surface area (TPSA) is 170 Å². The van der Waals surface area contributed by atoms with Gasteiger partial charge in [-0.3, -0.25) is 14.3 Å². The summed E-state index contributed by atoms with van der Waals surface area (Å²) in [5.74, 6) is -1.04. The second-order valence-electron chi connectivity index (χ2n) is 13.2. The number of nitrogen functional groups attached to an aromatic ring is 1. The monoisotopic (exact) mass is 718 g/mol. The molecule has 3 N–H and O–H groups in total. The number of benzene rings is 1. The van der Waals surface area contributed by atoms with Gasteiger partial charge in [0, 0.05) is 5.02 Å². The van der Waals surface area contributed by atoms with E-state index in [-0.39, 0.29) is 30.8 Å². The van der Waals surface area contributed by atoms with E-state index >= 15 is 0 Å². The Kier molecular flexibility index (Phi) is 10.7.